The van der Waals surface area contributed by atoms with E-state index in [0.29, 0.717) is 25.8 Å². The second-order valence-corrected chi connectivity index (χ2v) is 7.47. The average Bonchev–Trinajstić information content (AvgIpc) is 2.65. The number of rotatable bonds is 4. The number of nitrogens with one attached hydrogen (secondary N) is 1. The van der Waals surface area contributed by atoms with Crippen LogP contribution in [-0.2, 0) is 12.8 Å². The van der Waals surface area contributed by atoms with Gasteiger partial charge in [-0.15, -0.1) is 0 Å². The predicted octanol–water partition coefficient (Wildman–Crippen LogP) is 1.62. The number of carbonyl (C=O) groups is 1. The molecule has 27 heavy (non-hydrogen) atoms. The maximum atomic E-state index is 12.6. The van der Waals surface area contributed by atoms with Crippen molar-refractivity contribution in [3.63, 3.8) is 0 Å². The molecule has 3 rings (SSSR count). The molecule has 0 bridgehead atoms. The molecule has 3 heterocycles. The quantitative estimate of drug-likeness (QED) is 0.431. The minimum absolute atomic E-state index is 0.0138. The number of piperidine rings is 1. The van der Waals surface area contributed by atoms with E-state index in [0.717, 1.165) is 28.9 Å². The Balaban J connectivity index is 2.07. The lowest BCUT2D eigenvalue weighted by Gasteiger charge is -2.49. The van der Waals surface area contributed by atoms with Crippen LogP contribution in [0.15, 0.2) is 36.7 Å². The van der Waals surface area contributed by atoms with Crippen LogP contribution in [0, 0.1) is 13.8 Å². The van der Waals surface area contributed by atoms with Gasteiger partial charge in [-0.05, 0) is 49.9 Å². The lowest BCUT2D eigenvalue weighted by Crippen LogP contribution is -2.64. The highest BCUT2D eigenvalue weighted by Gasteiger charge is 2.45. The van der Waals surface area contributed by atoms with E-state index in [2.05, 4.69) is 15.4 Å². The number of amides is 2. The number of aryl methyl sites for hydroxylation is 2. The standard InChI is InChI=1S/C20H28N6O/c1-14-5-3-8-23-17(14)12-20(13-18-15(2)6-4-9-24-18)11-16(21)7-10-26(20)19(27)25-22/h3-6,8-9,16H,7,10-13,21-22H2,1-2H3,(H,25,27). The van der Waals surface area contributed by atoms with Gasteiger partial charge in [0.15, 0.2) is 0 Å². The molecule has 1 atom stereocenters. The van der Waals surface area contributed by atoms with Crippen molar-refractivity contribution in [3.05, 3.63) is 59.2 Å². The zero-order valence-electron chi connectivity index (χ0n) is 16.0. The van der Waals surface area contributed by atoms with Gasteiger partial charge in [-0.2, -0.15) is 0 Å². The van der Waals surface area contributed by atoms with E-state index in [-0.39, 0.29) is 12.1 Å². The predicted molar refractivity (Wildman–Crippen MR) is 105 cm³/mol. The van der Waals surface area contributed by atoms with Gasteiger partial charge in [0.2, 0.25) is 0 Å². The lowest BCUT2D eigenvalue weighted by atomic mass is 9.76. The molecular formula is C20H28N6O. The molecule has 0 aromatic carbocycles. The Morgan fingerprint density at radius 3 is 2.22 bits per heavy atom. The van der Waals surface area contributed by atoms with Gasteiger partial charge in [0.05, 0.1) is 5.54 Å². The summed E-state index contributed by atoms with van der Waals surface area (Å²) in [6, 6.07) is 7.65. The molecule has 1 unspecified atom stereocenters. The summed E-state index contributed by atoms with van der Waals surface area (Å²) < 4.78 is 0. The summed E-state index contributed by atoms with van der Waals surface area (Å²) in [7, 11) is 0. The van der Waals surface area contributed by atoms with Crippen molar-refractivity contribution < 1.29 is 4.79 Å². The Morgan fingerprint density at radius 2 is 1.74 bits per heavy atom. The zero-order chi connectivity index (χ0) is 19.4. The smallest absolute Gasteiger partial charge is 0.328 e. The third-order valence-electron chi connectivity index (χ3n) is 5.54. The zero-order valence-corrected chi connectivity index (χ0v) is 16.0. The van der Waals surface area contributed by atoms with Crippen molar-refractivity contribution >= 4 is 6.03 Å². The molecule has 0 radical (unpaired) electrons. The molecule has 2 aromatic rings. The SMILES string of the molecule is Cc1cccnc1CC1(Cc2ncccc2C)CC(N)CCN1C(=O)NN. The molecule has 7 nitrogen and oxygen atoms in total. The van der Waals surface area contributed by atoms with Gasteiger partial charge in [0.25, 0.3) is 0 Å². The highest BCUT2D eigenvalue weighted by Crippen LogP contribution is 2.35. The van der Waals surface area contributed by atoms with Crippen molar-refractivity contribution in [1.82, 2.24) is 20.3 Å². The molecule has 0 saturated carbocycles. The molecule has 1 saturated heterocycles. The van der Waals surface area contributed by atoms with Crippen molar-refractivity contribution in [2.75, 3.05) is 6.54 Å². The second-order valence-electron chi connectivity index (χ2n) is 7.47. The Kier molecular flexibility index (Phi) is 5.72. The molecule has 5 N–H and O–H groups in total. The number of hydrazine groups is 1. The van der Waals surface area contributed by atoms with Crippen molar-refractivity contribution in [3.8, 4) is 0 Å². The van der Waals surface area contributed by atoms with E-state index in [4.69, 9.17) is 11.6 Å². The van der Waals surface area contributed by atoms with Crippen molar-refractivity contribution in [2.24, 2.45) is 11.6 Å². The molecular weight excluding hydrogens is 340 g/mol. The topological polar surface area (TPSA) is 110 Å². The number of hydrogen-bond acceptors (Lipinski definition) is 5. The molecule has 7 heteroatoms. The molecule has 1 aliphatic heterocycles. The highest BCUT2D eigenvalue weighted by atomic mass is 16.2. The molecule has 2 amide bonds. The van der Waals surface area contributed by atoms with Crippen molar-refractivity contribution in [2.45, 2.75) is 51.1 Å². The molecule has 1 fully saturated rings. The Labute approximate surface area is 160 Å². The summed E-state index contributed by atoms with van der Waals surface area (Å²) in [5, 5.41) is 0. The van der Waals surface area contributed by atoms with Gasteiger partial charge in [-0.1, -0.05) is 12.1 Å². The van der Waals surface area contributed by atoms with E-state index in [9.17, 15) is 4.79 Å². The molecule has 2 aromatic heterocycles. The van der Waals surface area contributed by atoms with Crippen LogP contribution in [0.1, 0.15) is 35.4 Å². The summed E-state index contributed by atoms with van der Waals surface area (Å²) in [6.45, 7) is 4.64. The summed E-state index contributed by atoms with van der Waals surface area (Å²) in [6.07, 6.45) is 6.22. The first-order chi connectivity index (χ1) is 12.9. The number of urea groups is 1. The van der Waals surface area contributed by atoms with Crippen molar-refractivity contribution in [1.29, 1.82) is 0 Å². The van der Waals surface area contributed by atoms with Crippen LogP contribution >= 0.6 is 0 Å². The molecule has 0 spiro atoms. The first-order valence-corrected chi connectivity index (χ1v) is 9.30. The maximum Gasteiger partial charge on any atom is 0.332 e. The first kappa shape index (κ1) is 19.3. The van der Waals surface area contributed by atoms with Crippen LogP contribution in [-0.4, -0.2) is 39.0 Å². The van der Waals surface area contributed by atoms with Crippen LogP contribution in [0.2, 0.25) is 0 Å². The van der Waals surface area contributed by atoms with E-state index >= 15 is 0 Å². The lowest BCUT2D eigenvalue weighted by molar-refractivity contribution is 0.0651. The highest BCUT2D eigenvalue weighted by molar-refractivity contribution is 5.74. The summed E-state index contributed by atoms with van der Waals surface area (Å²) >= 11 is 0. The van der Waals surface area contributed by atoms with E-state index in [1.807, 2.05) is 43.0 Å². The third-order valence-corrected chi connectivity index (χ3v) is 5.54. The minimum atomic E-state index is -0.528. The monoisotopic (exact) mass is 368 g/mol. The van der Waals surface area contributed by atoms with Gasteiger partial charge < -0.3 is 10.6 Å². The summed E-state index contributed by atoms with van der Waals surface area (Å²) in [5.41, 5.74) is 12.3. The number of likely N-dealkylation sites (tertiary alicyclic amines) is 1. The van der Waals surface area contributed by atoms with Crippen LogP contribution in [0.4, 0.5) is 4.79 Å². The molecule has 0 aliphatic carbocycles. The summed E-state index contributed by atoms with van der Waals surface area (Å²) in [5.74, 6) is 5.50. The van der Waals surface area contributed by atoms with Crippen LogP contribution in [0.25, 0.3) is 0 Å². The van der Waals surface area contributed by atoms with E-state index in [1.54, 1.807) is 12.4 Å². The number of hydrogen-bond donors (Lipinski definition) is 3. The van der Waals surface area contributed by atoms with Gasteiger partial charge >= 0.3 is 6.03 Å². The number of nitrogens with two attached hydrogens (primary N) is 2. The number of carbonyl (C=O) groups excluding carboxylic acids is 1. The third kappa shape index (κ3) is 4.09. The largest absolute Gasteiger partial charge is 0.332 e. The minimum Gasteiger partial charge on any atom is -0.328 e. The Hall–Kier alpha value is -2.51. The number of nitrogens with zero attached hydrogens (tertiary/aromatic N) is 3. The van der Waals surface area contributed by atoms with Gasteiger partial charge in [0, 0.05) is 49.2 Å². The fourth-order valence-electron chi connectivity index (χ4n) is 4.06. The normalized spacial score (nSPS) is 19.0. The molecule has 144 valence electrons. The Morgan fingerprint density at radius 1 is 1.19 bits per heavy atom. The van der Waals surface area contributed by atoms with Gasteiger partial charge in [-0.25, -0.2) is 10.6 Å². The maximum absolute atomic E-state index is 12.6. The Bertz CT molecular complexity index is 761. The van der Waals surface area contributed by atoms with Crippen LogP contribution in [0.3, 0.4) is 0 Å². The number of pyridine rings is 2. The fourth-order valence-corrected chi connectivity index (χ4v) is 4.06. The second kappa shape index (κ2) is 8.02. The fraction of sp³-hybridized carbons (Fsp3) is 0.450. The van der Waals surface area contributed by atoms with E-state index < -0.39 is 5.54 Å². The van der Waals surface area contributed by atoms with Crippen LogP contribution < -0.4 is 17.0 Å². The van der Waals surface area contributed by atoms with Gasteiger partial charge in [0.1, 0.15) is 0 Å². The molecule has 1 aliphatic rings. The van der Waals surface area contributed by atoms with Crippen LogP contribution in [0.5, 0.6) is 0 Å². The van der Waals surface area contributed by atoms with E-state index in [1.165, 1.54) is 0 Å². The number of aromatic nitrogens is 2. The summed E-state index contributed by atoms with van der Waals surface area (Å²) in [4.78, 5) is 23.6. The first-order valence-electron chi connectivity index (χ1n) is 9.30. The average molecular weight is 368 g/mol. The van der Waals surface area contributed by atoms with Gasteiger partial charge in [-0.3, -0.25) is 15.4 Å².